The second-order valence-electron chi connectivity index (χ2n) is 19.3. The molecule has 0 atom stereocenters. The average molecular weight is 783 g/mol. The molecular formula is C49H74N4O4. The number of hydrogen-bond donors (Lipinski definition) is 2. The monoisotopic (exact) mass is 783 g/mol. The van der Waals surface area contributed by atoms with Crippen molar-refractivity contribution in [1.82, 2.24) is 20.6 Å². The number of aryl methyl sites for hydroxylation is 2. The summed E-state index contributed by atoms with van der Waals surface area (Å²) < 4.78 is 11.6. The van der Waals surface area contributed by atoms with Crippen LogP contribution in [0.15, 0.2) is 60.9 Å². The first-order valence-corrected chi connectivity index (χ1v) is 21.9. The largest absolute Gasteiger partial charge is 0.459 e. The molecule has 0 radical (unpaired) electrons. The van der Waals surface area contributed by atoms with E-state index in [1.807, 2.05) is 24.3 Å². The first kappa shape index (κ1) is 46.1. The third kappa shape index (κ3) is 15.9. The highest BCUT2D eigenvalue weighted by Gasteiger charge is 2.40. The van der Waals surface area contributed by atoms with Crippen LogP contribution >= 0.6 is 0 Å². The third-order valence-corrected chi connectivity index (χ3v) is 11.0. The number of ether oxygens (including phenoxy) is 2. The van der Waals surface area contributed by atoms with Crippen LogP contribution in [0.2, 0.25) is 0 Å². The zero-order chi connectivity index (χ0) is 41.7. The molecule has 0 aliphatic carbocycles. The van der Waals surface area contributed by atoms with Gasteiger partial charge < -0.3 is 20.1 Å². The number of carbonyl (C=O) groups is 2. The minimum Gasteiger partial charge on any atom is -0.459 e. The van der Waals surface area contributed by atoms with Crippen molar-refractivity contribution in [2.75, 3.05) is 0 Å². The van der Waals surface area contributed by atoms with Gasteiger partial charge in [0.15, 0.2) is 0 Å². The van der Waals surface area contributed by atoms with Crippen LogP contribution in [0.4, 0.5) is 0 Å². The minimum absolute atomic E-state index is 0.0439. The van der Waals surface area contributed by atoms with E-state index in [4.69, 9.17) is 9.47 Å². The van der Waals surface area contributed by atoms with Crippen molar-refractivity contribution in [2.24, 2.45) is 0 Å². The molecule has 1 aromatic heterocycles. The van der Waals surface area contributed by atoms with Gasteiger partial charge in [0.2, 0.25) is 5.82 Å². The molecule has 3 heterocycles. The molecule has 2 fully saturated rings. The van der Waals surface area contributed by atoms with E-state index >= 15 is 0 Å². The molecule has 0 saturated carbocycles. The number of esters is 2. The van der Waals surface area contributed by atoms with Crippen LogP contribution in [0.1, 0.15) is 185 Å². The fourth-order valence-electron chi connectivity index (χ4n) is 8.99. The maximum Gasteiger partial charge on any atom is 0.376 e. The van der Waals surface area contributed by atoms with Gasteiger partial charge in [-0.15, -0.1) is 0 Å². The molecule has 3 aromatic rings. The van der Waals surface area contributed by atoms with Crippen molar-refractivity contribution in [3.8, 4) is 11.1 Å². The van der Waals surface area contributed by atoms with E-state index in [1.54, 1.807) is 12.4 Å². The molecule has 2 saturated heterocycles. The summed E-state index contributed by atoms with van der Waals surface area (Å²) in [6, 6.07) is 16.7. The minimum atomic E-state index is -0.423. The summed E-state index contributed by atoms with van der Waals surface area (Å²) >= 11 is 0. The number of unbranched alkanes of at least 4 members (excludes halogenated alkanes) is 7. The van der Waals surface area contributed by atoms with Crippen LogP contribution in [-0.4, -0.2) is 56.3 Å². The number of carbonyl (C=O) groups excluding carboxylic acids is 2. The van der Waals surface area contributed by atoms with E-state index in [0.29, 0.717) is 5.56 Å². The lowest BCUT2D eigenvalue weighted by Gasteiger charge is -2.45. The lowest BCUT2D eigenvalue weighted by atomic mass is 9.81. The summed E-state index contributed by atoms with van der Waals surface area (Å²) in [7, 11) is 0. The van der Waals surface area contributed by atoms with Crippen LogP contribution in [0.5, 0.6) is 0 Å². The topological polar surface area (TPSA) is 102 Å². The van der Waals surface area contributed by atoms with Gasteiger partial charge in [-0.3, -0.25) is 0 Å². The molecule has 2 N–H and O–H groups in total. The molecular weight excluding hydrogens is 709 g/mol. The Morgan fingerprint density at radius 2 is 0.930 bits per heavy atom. The molecule has 0 unspecified atom stereocenters. The van der Waals surface area contributed by atoms with Crippen molar-refractivity contribution in [3.63, 3.8) is 0 Å². The van der Waals surface area contributed by atoms with Gasteiger partial charge in [-0.05, 0) is 115 Å². The van der Waals surface area contributed by atoms with Crippen molar-refractivity contribution in [2.45, 2.75) is 200 Å². The number of aromatic nitrogens is 2. The number of rotatable bonds is 16. The van der Waals surface area contributed by atoms with Gasteiger partial charge in [0.25, 0.3) is 0 Å². The van der Waals surface area contributed by atoms with E-state index in [2.05, 4.69) is 114 Å². The van der Waals surface area contributed by atoms with Crippen molar-refractivity contribution in [3.05, 3.63) is 83.4 Å². The van der Waals surface area contributed by atoms with Gasteiger partial charge in [-0.1, -0.05) is 95.2 Å². The van der Waals surface area contributed by atoms with E-state index in [-0.39, 0.29) is 46.2 Å². The number of hydrogen-bond acceptors (Lipinski definition) is 8. The average Bonchev–Trinajstić information content (AvgIpc) is 3.11. The Labute approximate surface area is 345 Å². The highest BCUT2D eigenvalue weighted by atomic mass is 16.5. The number of benzene rings is 2. The lowest BCUT2D eigenvalue weighted by Crippen LogP contribution is -2.59. The van der Waals surface area contributed by atoms with Crippen LogP contribution in [0, 0.1) is 0 Å². The second kappa shape index (κ2) is 20.9. The summed E-state index contributed by atoms with van der Waals surface area (Å²) in [6.07, 6.45) is 20.1. The number of piperidine rings is 2. The zero-order valence-corrected chi connectivity index (χ0v) is 37.1. The van der Waals surface area contributed by atoms with Crippen molar-refractivity contribution < 1.29 is 19.1 Å². The molecule has 314 valence electrons. The molecule has 0 bridgehead atoms. The van der Waals surface area contributed by atoms with Crippen LogP contribution in [0.3, 0.4) is 0 Å². The predicted molar refractivity (Wildman–Crippen MR) is 234 cm³/mol. The Hall–Kier alpha value is -3.62. The van der Waals surface area contributed by atoms with Gasteiger partial charge in [0.1, 0.15) is 12.2 Å². The van der Waals surface area contributed by atoms with Crippen molar-refractivity contribution >= 4 is 11.9 Å². The normalized spacial score (nSPS) is 18.6. The summed E-state index contributed by atoms with van der Waals surface area (Å²) in [5.74, 6) is -0.494. The van der Waals surface area contributed by atoms with E-state index < -0.39 is 5.97 Å². The highest BCUT2D eigenvalue weighted by molar-refractivity contribution is 5.90. The Morgan fingerprint density at radius 3 is 1.42 bits per heavy atom. The second-order valence-corrected chi connectivity index (χ2v) is 19.3. The SMILES string of the molecule is CCCCCCCCc1ccc(-c2ccc(C(=O)OC3CC(C)(C)NC(C)(C)C3)cc2)cc1.CCCCCc1cnc(C(=O)OC2CC(C)(C)NC(C)(C)C2)nc1. The van der Waals surface area contributed by atoms with Gasteiger partial charge in [-0.2, -0.15) is 0 Å². The van der Waals surface area contributed by atoms with Gasteiger partial charge in [-0.25, -0.2) is 19.6 Å². The molecule has 2 aliphatic heterocycles. The smallest absolute Gasteiger partial charge is 0.376 e. The molecule has 8 heteroatoms. The van der Waals surface area contributed by atoms with E-state index in [1.165, 1.54) is 62.5 Å². The van der Waals surface area contributed by atoms with Gasteiger partial charge in [0.05, 0.1) is 5.56 Å². The Kier molecular flexibility index (Phi) is 16.9. The third-order valence-electron chi connectivity index (χ3n) is 11.0. The Bertz CT molecular complexity index is 1650. The Balaban J connectivity index is 0.000000266. The maximum absolute atomic E-state index is 12.8. The molecule has 5 rings (SSSR count). The summed E-state index contributed by atoms with van der Waals surface area (Å²) in [4.78, 5) is 33.5. The maximum atomic E-state index is 12.8. The van der Waals surface area contributed by atoms with E-state index in [0.717, 1.165) is 56.1 Å². The zero-order valence-electron chi connectivity index (χ0n) is 37.1. The Morgan fingerprint density at radius 1 is 0.544 bits per heavy atom. The molecule has 2 aromatic carbocycles. The van der Waals surface area contributed by atoms with E-state index in [9.17, 15) is 9.59 Å². The summed E-state index contributed by atoms with van der Waals surface area (Å²) in [5, 5.41) is 7.22. The molecule has 0 amide bonds. The van der Waals surface area contributed by atoms with Gasteiger partial charge >= 0.3 is 11.9 Å². The molecule has 8 nitrogen and oxygen atoms in total. The fraction of sp³-hybridized carbons (Fsp3) is 0.633. The van der Waals surface area contributed by atoms with Gasteiger partial charge in [0, 0.05) is 60.2 Å². The first-order chi connectivity index (χ1) is 26.9. The molecule has 2 aliphatic rings. The fourth-order valence-corrected chi connectivity index (χ4v) is 8.99. The lowest BCUT2D eigenvalue weighted by molar-refractivity contribution is -0.00829. The van der Waals surface area contributed by atoms with Crippen LogP contribution in [-0.2, 0) is 22.3 Å². The van der Waals surface area contributed by atoms with Crippen LogP contribution in [0.25, 0.3) is 11.1 Å². The van der Waals surface area contributed by atoms with Crippen LogP contribution < -0.4 is 10.6 Å². The quantitative estimate of drug-likeness (QED) is 0.109. The number of nitrogens with one attached hydrogen (secondary N) is 2. The summed E-state index contributed by atoms with van der Waals surface area (Å²) in [5.41, 5.74) is 5.20. The molecule has 0 spiro atoms. The van der Waals surface area contributed by atoms with Crippen molar-refractivity contribution in [1.29, 1.82) is 0 Å². The first-order valence-electron chi connectivity index (χ1n) is 21.9. The summed E-state index contributed by atoms with van der Waals surface area (Å²) in [6.45, 7) is 21.7. The standard InChI is InChI=1S/C30H43NO2.C19H31N3O2/c1-6-7-8-9-10-11-12-23-13-15-24(16-14-23)25-17-19-26(20-18-25)28(32)33-27-21-29(2,3)31-30(4,5)22-27;1-6-7-8-9-14-12-20-16(21-13-14)17(23)24-15-10-18(2,3)22-19(4,5)11-15/h13-20,27,31H,6-12,21-22H2,1-5H3;12-13,15,22H,6-11H2,1-5H3. The predicted octanol–water partition coefficient (Wildman–Crippen LogP) is 11.4. The number of nitrogens with zero attached hydrogens (tertiary/aromatic N) is 2. The highest BCUT2D eigenvalue weighted by Crippen LogP contribution is 2.32. The molecule has 57 heavy (non-hydrogen) atoms.